The van der Waals surface area contributed by atoms with Crippen LogP contribution in [0.3, 0.4) is 0 Å². The molecule has 8 atom stereocenters. The van der Waals surface area contributed by atoms with E-state index in [2.05, 4.69) is 69.2 Å². The van der Waals surface area contributed by atoms with Gasteiger partial charge in [-0.2, -0.15) is 0 Å². The van der Waals surface area contributed by atoms with Gasteiger partial charge in [0.2, 0.25) is 0 Å². The summed E-state index contributed by atoms with van der Waals surface area (Å²) in [5.41, 5.74) is 5.27. The normalized spacial score (nSPS) is 38.5. The summed E-state index contributed by atoms with van der Waals surface area (Å²) in [6.45, 7) is 33.3. The maximum Gasteiger partial charge on any atom is 0 e. The molecule has 0 radical (unpaired) electrons. The molecule has 0 aliphatic heterocycles. The molecule has 0 amide bonds. The van der Waals surface area contributed by atoms with E-state index in [1.807, 2.05) is 33.3 Å². The Morgan fingerprint density at radius 1 is 0.868 bits per heavy atom. The van der Waals surface area contributed by atoms with E-state index in [0.29, 0.717) is 16.2 Å². The van der Waals surface area contributed by atoms with E-state index in [4.69, 9.17) is 0 Å². The number of hydrogen-bond donors (Lipinski definition) is 0. The van der Waals surface area contributed by atoms with Gasteiger partial charge in [-0.25, -0.2) is 0 Å². The molecule has 0 aromatic heterocycles. The Morgan fingerprint density at radius 3 is 2.03 bits per heavy atom. The van der Waals surface area contributed by atoms with Gasteiger partial charge in [0.15, 0.2) is 0 Å². The van der Waals surface area contributed by atoms with Gasteiger partial charge >= 0.3 is 0 Å². The van der Waals surface area contributed by atoms with Crippen molar-refractivity contribution in [3.8, 4) is 0 Å². The minimum Gasteiger partial charge on any atom is -0.0738 e. The maximum atomic E-state index is 2.78. The molecule has 0 saturated heterocycles. The van der Waals surface area contributed by atoms with Crippen LogP contribution in [0.1, 0.15) is 169 Å². The highest BCUT2D eigenvalue weighted by atomic mass is 14.7. The summed E-state index contributed by atoms with van der Waals surface area (Å²) < 4.78 is 0. The van der Waals surface area contributed by atoms with E-state index in [0.717, 1.165) is 47.3 Å². The average Bonchev–Trinajstić information content (AvgIpc) is 3.17. The smallest absolute Gasteiger partial charge is 0 e. The molecule has 0 heteroatoms. The Balaban J connectivity index is 0.00000145. The zero-order valence-electron chi connectivity index (χ0n) is 28.9. The third-order valence-electron chi connectivity index (χ3n) is 11.8. The summed E-state index contributed by atoms with van der Waals surface area (Å²) in [7, 11) is 0. The molecular formula is C38H74. The first-order valence-corrected chi connectivity index (χ1v) is 17.4. The van der Waals surface area contributed by atoms with Gasteiger partial charge in [-0.05, 0) is 135 Å². The van der Waals surface area contributed by atoms with E-state index >= 15 is 0 Å². The standard InChI is InChI=1S/C34H60.2C2H6.H2/c1-22(2)11-12-27-13-14-29-31-26(20-32(6,7)8)19-28-18-24(5)25(17-23(3)4)21-34(28,10)30(31)15-16-33(27,29)9;2*1-2;/h22-23,26-31H,11-21H2,1-10H3;2*1-2H3;1H. The van der Waals surface area contributed by atoms with Crippen LogP contribution in [0.5, 0.6) is 0 Å². The Kier molecular flexibility index (Phi) is 12.1. The first kappa shape index (κ1) is 33.9. The fourth-order valence-electron chi connectivity index (χ4n) is 10.3. The zero-order chi connectivity index (χ0) is 29.1. The van der Waals surface area contributed by atoms with Crippen LogP contribution in [0.25, 0.3) is 0 Å². The SMILES string of the molecule is CC.CC.CC1=C(CC(C)C)CC2(C)C(C1)CC(CC(C)(C)C)C1C3CCC(CCC(C)C)C3(C)CCC12.[HH]. The molecule has 0 aromatic rings. The first-order valence-electron chi connectivity index (χ1n) is 17.4. The predicted octanol–water partition coefficient (Wildman–Crippen LogP) is 13.0. The van der Waals surface area contributed by atoms with Crippen LogP contribution in [0.15, 0.2) is 11.1 Å². The topological polar surface area (TPSA) is 0 Å². The van der Waals surface area contributed by atoms with Gasteiger partial charge in [-0.3, -0.25) is 0 Å². The fourth-order valence-corrected chi connectivity index (χ4v) is 10.3. The van der Waals surface area contributed by atoms with Crippen LogP contribution in [-0.2, 0) is 0 Å². The number of hydrogen-bond acceptors (Lipinski definition) is 0. The monoisotopic (exact) mass is 531 g/mol. The molecule has 3 fully saturated rings. The molecule has 4 aliphatic rings. The lowest BCUT2D eigenvalue weighted by atomic mass is 9.41. The summed E-state index contributed by atoms with van der Waals surface area (Å²) in [4.78, 5) is 0. The van der Waals surface area contributed by atoms with Crippen LogP contribution in [0.4, 0.5) is 0 Å². The summed E-state index contributed by atoms with van der Waals surface area (Å²) >= 11 is 0. The molecular weight excluding hydrogens is 456 g/mol. The third kappa shape index (κ3) is 7.14. The minimum atomic E-state index is 0. The van der Waals surface area contributed by atoms with Crippen LogP contribution < -0.4 is 0 Å². The summed E-state index contributed by atoms with van der Waals surface area (Å²) in [6, 6.07) is 0. The van der Waals surface area contributed by atoms with Crippen molar-refractivity contribution in [1.29, 1.82) is 0 Å². The van der Waals surface area contributed by atoms with Crippen molar-refractivity contribution in [3.63, 3.8) is 0 Å². The molecule has 0 nitrogen and oxygen atoms in total. The largest absolute Gasteiger partial charge is 0.0738 e. The van der Waals surface area contributed by atoms with E-state index in [1.165, 1.54) is 70.6 Å². The van der Waals surface area contributed by atoms with Crippen LogP contribution >= 0.6 is 0 Å². The van der Waals surface area contributed by atoms with E-state index in [1.54, 1.807) is 5.57 Å². The second-order valence-electron chi connectivity index (χ2n) is 16.4. The lowest BCUT2D eigenvalue weighted by Gasteiger charge is -2.63. The van der Waals surface area contributed by atoms with Crippen molar-refractivity contribution in [1.82, 2.24) is 0 Å². The number of allylic oxidation sites excluding steroid dienone is 2. The Bertz CT molecular complexity index is 753. The van der Waals surface area contributed by atoms with Gasteiger partial charge in [0, 0.05) is 1.43 Å². The molecule has 0 N–H and O–H groups in total. The lowest BCUT2D eigenvalue weighted by Crippen LogP contribution is -2.56. The zero-order valence-corrected chi connectivity index (χ0v) is 28.9. The third-order valence-corrected chi connectivity index (χ3v) is 11.8. The van der Waals surface area contributed by atoms with Gasteiger partial charge in [-0.1, -0.05) is 108 Å². The molecule has 8 unspecified atom stereocenters. The van der Waals surface area contributed by atoms with Crippen molar-refractivity contribution in [2.75, 3.05) is 0 Å². The Hall–Kier alpha value is -0.260. The molecule has 3 saturated carbocycles. The van der Waals surface area contributed by atoms with Crippen molar-refractivity contribution in [2.45, 2.75) is 168 Å². The molecule has 0 bridgehead atoms. The van der Waals surface area contributed by atoms with Crippen LogP contribution in [0, 0.1) is 63.6 Å². The number of fused-ring (bicyclic) bond motifs is 5. The minimum absolute atomic E-state index is 0. The highest BCUT2D eigenvalue weighted by Crippen LogP contribution is 2.70. The lowest BCUT2D eigenvalue weighted by molar-refractivity contribution is -0.134. The second-order valence-corrected chi connectivity index (χ2v) is 16.4. The molecule has 4 aliphatic carbocycles. The quantitative estimate of drug-likeness (QED) is 0.299. The number of rotatable bonds is 6. The highest BCUT2D eigenvalue weighted by molar-refractivity contribution is 5.24. The molecule has 0 spiro atoms. The molecule has 0 heterocycles. The van der Waals surface area contributed by atoms with Crippen LogP contribution in [0.2, 0.25) is 0 Å². The summed E-state index contributed by atoms with van der Waals surface area (Å²) in [6.07, 6.45) is 16.2. The van der Waals surface area contributed by atoms with Crippen molar-refractivity contribution in [3.05, 3.63) is 11.1 Å². The van der Waals surface area contributed by atoms with Crippen molar-refractivity contribution >= 4 is 0 Å². The van der Waals surface area contributed by atoms with Gasteiger partial charge in [0.05, 0.1) is 0 Å². The maximum absolute atomic E-state index is 2.78. The van der Waals surface area contributed by atoms with Gasteiger partial charge < -0.3 is 0 Å². The first-order chi connectivity index (χ1) is 17.7. The molecule has 4 rings (SSSR count). The predicted molar refractivity (Wildman–Crippen MR) is 175 cm³/mol. The fraction of sp³-hybridized carbons (Fsp3) is 0.947. The van der Waals surface area contributed by atoms with E-state index < -0.39 is 0 Å². The highest BCUT2D eigenvalue weighted by Gasteiger charge is 2.62. The van der Waals surface area contributed by atoms with E-state index in [-0.39, 0.29) is 1.43 Å². The Morgan fingerprint density at radius 2 is 1.47 bits per heavy atom. The summed E-state index contributed by atoms with van der Waals surface area (Å²) in [5, 5.41) is 0. The van der Waals surface area contributed by atoms with Crippen LogP contribution in [-0.4, -0.2) is 0 Å². The van der Waals surface area contributed by atoms with Gasteiger partial charge in [0.1, 0.15) is 0 Å². The second kappa shape index (κ2) is 13.6. The van der Waals surface area contributed by atoms with Crippen molar-refractivity contribution in [2.24, 2.45) is 63.6 Å². The average molecular weight is 531 g/mol. The van der Waals surface area contributed by atoms with E-state index in [9.17, 15) is 0 Å². The Labute approximate surface area is 243 Å². The molecule has 0 aromatic carbocycles. The summed E-state index contributed by atoms with van der Waals surface area (Å²) in [5.74, 6) is 7.48. The van der Waals surface area contributed by atoms with Gasteiger partial charge in [0.25, 0.3) is 0 Å². The van der Waals surface area contributed by atoms with Gasteiger partial charge in [-0.15, -0.1) is 0 Å². The molecule has 38 heavy (non-hydrogen) atoms. The van der Waals surface area contributed by atoms with Crippen molar-refractivity contribution < 1.29 is 1.43 Å². The molecule has 226 valence electrons.